The Morgan fingerprint density at radius 3 is 2.38 bits per heavy atom. The van der Waals surface area contributed by atoms with E-state index in [1.807, 2.05) is 0 Å². The summed E-state index contributed by atoms with van der Waals surface area (Å²) in [6.45, 7) is 4.20. The number of hydrogen-bond acceptors (Lipinski definition) is 4. The van der Waals surface area contributed by atoms with Crippen molar-refractivity contribution in [2.24, 2.45) is 0 Å². The van der Waals surface area contributed by atoms with Crippen molar-refractivity contribution in [3.05, 3.63) is 10.1 Å². The summed E-state index contributed by atoms with van der Waals surface area (Å²) >= 11 is 0. The molecule has 2 atom stereocenters. The fourth-order valence-electron chi connectivity index (χ4n) is 2.26. The first-order valence-electron chi connectivity index (χ1n) is 6.54. The molecule has 0 aliphatic carbocycles. The average molecular weight is 312 g/mol. The van der Waals surface area contributed by atoms with E-state index in [1.165, 1.54) is 0 Å². The van der Waals surface area contributed by atoms with Gasteiger partial charge in [0.25, 0.3) is 12.0 Å². The molecular formula is C12H19F3N2O4. The molecule has 0 saturated carbocycles. The van der Waals surface area contributed by atoms with Crippen LogP contribution in [-0.2, 0) is 4.74 Å². The van der Waals surface area contributed by atoms with Gasteiger partial charge in [0.15, 0.2) is 0 Å². The molecule has 1 amide bonds. The maximum atomic E-state index is 13.7. The van der Waals surface area contributed by atoms with Crippen molar-refractivity contribution in [2.45, 2.75) is 57.3 Å². The largest absolute Gasteiger partial charge is 0.444 e. The van der Waals surface area contributed by atoms with Crippen LogP contribution in [0, 0.1) is 10.1 Å². The lowest BCUT2D eigenvalue weighted by Crippen LogP contribution is -2.61. The van der Waals surface area contributed by atoms with Gasteiger partial charge in [-0.2, -0.15) is 0 Å². The summed E-state index contributed by atoms with van der Waals surface area (Å²) in [6.07, 6.45) is -7.56. The summed E-state index contributed by atoms with van der Waals surface area (Å²) < 4.78 is 44.0. The Morgan fingerprint density at radius 1 is 1.38 bits per heavy atom. The summed E-state index contributed by atoms with van der Waals surface area (Å²) in [5.74, 6) is 0. The second-order valence-corrected chi connectivity index (χ2v) is 6.10. The van der Waals surface area contributed by atoms with E-state index in [-0.39, 0.29) is 19.4 Å². The van der Waals surface area contributed by atoms with Crippen molar-refractivity contribution in [2.75, 3.05) is 13.1 Å². The van der Waals surface area contributed by atoms with Gasteiger partial charge in [-0.15, -0.1) is 0 Å². The molecule has 9 heteroatoms. The smallest absolute Gasteiger partial charge is 0.410 e. The lowest BCUT2D eigenvalue weighted by Gasteiger charge is -2.38. The van der Waals surface area contributed by atoms with Crippen LogP contribution in [0.1, 0.15) is 33.6 Å². The fourth-order valence-corrected chi connectivity index (χ4v) is 2.26. The second kappa shape index (κ2) is 6.07. The Balaban J connectivity index is 2.94. The predicted octanol–water partition coefficient (Wildman–Crippen LogP) is 2.64. The molecule has 6 nitrogen and oxygen atoms in total. The minimum Gasteiger partial charge on any atom is -0.444 e. The molecule has 0 aromatic rings. The van der Waals surface area contributed by atoms with Crippen molar-refractivity contribution in [3.63, 3.8) is 0 Å². The number of rotatable bonds is 3. The van der Waals surface area contributed by atoms with Gasteiger partial charge in [-0.25, -0.2) is 18.0 Å². The number of hydrogen-bond donors (Lipinski definition) is 0. The van der Waals surface area contributed by atoms with Gasteiger partial charge in [-0.1, -0.05) is 0 Å². The molecule has 0 bridgehead atoms. The third-order valence-electron chi connectivity index (χ3n) is 3.25. The molecule has 0 radical (unpaired) electrons. The lowest BCUT2D eigenvalue weighted by molar-refractivity contribution is -0.586. The number of amides is 1. The van der Waals surface area contributed by atoms with Crippen LogP contribution in [-0.4, -0.2) is 52.7 Å². The van der Waals surface area contributed by atoms with E-state index in [1.54, 1.807) is 20.8 Å². The maximum absolute atomic E-state index is 13.7. The molecule has 1 fully saturated rings. The van der Waals surface area contributed by atoms with Crippen LogP contribution in [0.15, 0.2) is 0 Å². The summed E-state index contributed by atoms with van der Waals surface area (Å²) in [6, 6.07) is 0. The highest BCUT2D eigenvalue weighted by Crippen LogP contribution is 2.33. The van der Waals surface area contributed by atoms with Crippen molar-refractivity contribution in [1.82, 2.24) is 4.90 Å². The Kier molecular flexibility index (Phi) is 5.06. The number of carbonyl (C=O) groups excluding carboxylic acids is 1. The van der Waals surface area contributed by atoms with E-state index in [0.29, 0.717) is 0 Å². The van der Waals surface area contributed by atoms with Crippen molar-refractivity contribution < 1.29 is 27.6 Å². The number of nitro groups is 1. The van der Waals surface area contributed by atoms with Crippen LogP contribution in [0.2, 0.25) is 0 Å². The molecule has 1 aliphatic heterocycles. The van der Waals surface area contributed by atoms with Gasteiger partial charge in [-0.3, -0.25) is 10.1 Å². The zero-order valence-corrected chi connectivity index (χ0v) is 12.1. The predicted molar refractivity (Wildman–Crippen MR) is 67.7 cm³/mol. The molecule has 0 aromatic carbocycles. The topological polar surface area (TPSA) is 72.7 Å². The average Bonchev–Trinajstić information content (AvgIpc) is 2.35. The standard InChI is InChI=1S/C12H19F3N2O4/c1-11(2,3)21-10(18)16-6-4-5-12(7-16,17(19)20)8(13)9(14)15/h8-9H,4-7H2,1-3H3. The molecule has 2 unspecified atom stereocenters. The quantitative estimate of drug-likeness (QED) is 0.593. The summed E-state index contributed by atoms with van der Waals surface area (Å²) in [7, 11) is 0. The van der Waals surface area contributed by atoms with Gasteiger partial charge in [0.2, 0.25) is 6.17 Å². The van der Waals surface area contributed by atoms with Gasteiger partial charge in [0.1, 0.15) is 5.60 Å². The maximum Gasteiger partial charge on any atom is 0.410 e. The summed E-state index contributed by atoms with van der Waals surface area (Å²) in [4.78, 5) is 22.9. The second-order valence-electron chi connectivity index (χ2n) is 6.10. The van der Waals surface area contributed by atoms with Gasteiger partial charge in [-0.05, 0) is 27.2 Å². The zero-order valence-electron chi connectivity index (χ0n) is 12.1. The number of alkyl halides is 3. The van der Waals surface area contributed by atoms with E-state index < -0.39 is 41.3 Å². The summed E-state index contributed by atoms with van der Waals surface area (Å²) in [5.41, 5.74) is -3.31. The normalized spacial score (nSPS) is 24.8. The van der Waals surface area contributed by atoms with Crippen LogP contribution in [0.4, 0.5) is 18.0 Å². The molecular weight excluding hydrogens is 293 g/mol. The number of piperidine rings is 1. The highest BCUT2D eigenvalue weighted by molar-refractivity contribution is 5.68. The fraction of sp³-hybridized carbons (Fsp3) is 0.917. The molecule has 1 aliphatic rings. The Morgan fingerprint density at radius 2 is 1.95 bits per heavy atom. The number of carbonyl (C=O) groups is 1. The van der Waals surface area contributed by atoms with E-state index in [4.69, 9.17) is 4.74 Å². The van der Waals surface area contributed by atoms with Crippen molar-refractivity contribution in [3.8, 4) is 0 Å². The Hall–Kier alpha value is -1.54. The molecule has 0 N–H and O–H groups in total. The minimum absolute atomic E-state index is 0.0629. The van der Waals surface area contributed by atoms with E-state index >= 15 is 0 Å². The first-order valence-corrected chi connectivity index (χ1v) is 6.54. The van der Waals surface area contributed by atoms with E-state index in [2.05, 4.69) is 0 Å². The van der Waals surface area contributed by atoms with Gasteiger partial charge in [0, 0.05) is 17.9 Å². The van der Waals surface area contributed by atoms with E-state index in [0.717, 1.165) is 4.90 Å². The third-order valence-corrected chi connectivity index (χ3v) is 3.25. The number of likely N-dealkylation sites (tertiary alicyclic amines) is 1. The number of ether oxygens (including phenoxy) is 1. The van der Waals surface area contributed by atoms with Crippen molar-refractivity contribution >= 4 is 6.09 Å². The van der Waals surface area contributed by atoms with Crippen LogP contribution in [0.5, 0.6) is 0 Å². The zero-order chi connectivity index (χ0) is 16.4. The summed E-state index contributed by atoms with van der Waals surface area (Å²) in [5, 5.41) is 11.1. The molecule has 21 heavy (non-hydrogen) atoms. The molecule has 122 valence electrons. The van der Waals surface area contributed by atoms with Gasteiger partial charge in [0.05, 0.1) is 6.54 Å². The van der Waals surface area contributed by atoms with Crippen LogP contribution in [0.25, 0.3) is 0 Å². The lowest BCUT2D eigenvalue weighted by atomic mass is 9.85. The number of halogens is 3. The minimum atomic E-state index is -3.48. The number of nitrogens with zero attached hydrogens (tertiary/aromatic N) is 2. The van der Waals surface area contributed by atoms with Gasteiger partial charge < -0.3 is 9.64 Å². The van der Waals surface area contributed by atoms with Crippen LogP contribution in [0.3, 0.4) is 0 Å². The third kappa shape index (κ3) is 3.98. The molecule has 1 saturated heterocycles. The van der Waals surface area contributed by atoms with Gasteiger partial charge >= 0.3 is 6.09 Å². The SMILES string of the molecule is CC(C)(C)OC(=O)N1CCCC(C(F)C(F)F)([N+](=O)[O-])C1. The van der Waals surface area contributed by atoms with Crippen LogP contribution < -0.4 is 0 Å². The molecule has 0 aromatic heterocycles. The Labute approximate surface area is 120 Å². The monoisotopic (exact) mass is 312 g/mol. The molecule has 1 rings (SSSR count). The van der Waals surface area contributed by atoms with E-state index in [9.17, 15) is 28.1 Å². The first kappa shape index (κ1) is 17.5. The highest BCUT2D eigenvalue weighted by atomic mass is 19.3. The molecule has 1 heterocycles. The van der Waals surface area contributed by atoms with Crippen molar-refractivity contribution in [1.29, 1.82) is 0 Å². The molecule has 0 spiro atoms. The highest BCUT2D eigenvalue weighted by Gasteiger charge is 2.58. The van der Waals surface area contributed by atoms with Crippen LogP contribution >= 0.6 is 0 Å². The Bertz CT molecular complexity index is 414. The first-order chi connectivity index (χ1) is 9.49.